The molecule has 8 heteroatoms. The highest BCUT2D eigenvalue weighted by Gasteiger charge is 2.33. The van der Waals surface area contributed by atoms with E-state index in [-0.39, 0.29) is 13.1 Å². The lowest BCUT2D eigenvalue weighted by Gasteiger charge is -2.30. The van der Waals surface area contributed by atoms with Gasteiger partial charge in [0, 0.05) is 36.6 Å². The molecule has 2 aromatic carbocycles. The van der Waals surface area contributed by atoms with Gasteiger partial charge in [-0.3, -0.25) is 9.78 Å². The maximum Gasteiger partial charge on any atom is 0.304 e. The molecule has 1 aliphatic rings. The van der Waals surface area contributed by atoms with Gasteiger partial charge < -0.3 is 4.90 Å². The van der Waals surface area contributed by atoms with Gasteiger partial charge >= 0.3 is 10.2 Å². The van der Waals surface area contributed by atoms with Crippen molar-refractivity contribution < 1.29 is 13.2 Å². The van der Waals surface area contributed by atoms with Gasteiger partial charge in [0.05, 0.1) is 12.2 Å². The molecule has 3 aromatic rings. The Hall–Kier alpha value is -3.23. The highest BCUT2D eigenvalue weighted by atomic mass is 32.2. The van der Waals surface area contributed by atoms with Crippen LogP contribution in [0.1, 0.15) is 63.1 Å². The summed E-state index contributed by atoms with van der Waals surface area (Å²) in [5.41, 5.74) is 6.34. The minimum atomic E-state index is -3.75. The van der Waals surface area contributed by atoms with Crippen molar-refractivity contribution in [2.75, 3.05) is 11.4 Å². The van der Waals surface area contributed by atoms with Crippen molar-refractivity contribution in [2.24, 2.45) is 0 Å². The average Bonchev–Trinajstić information content (AvgIpc) is 3.14. The molecule has 1 N–H and O–H groups in total. The minimum Gasteiger partial charge on any atom is -0.365 e. The topological polar surface area (TPSA) is 82.6 Å². The van der Waals surface area contributed by atoms with Gasteiger partial charge in [0.15, 0.2) is 0 Å². The normalized spacial score (nSPS) is 15.4. The Morgan fingerprint density at radius 2 is 1.73 bits per heavy atom. The lowest BCUT2D eigenvalue weighted by Crippen LogP contribution is -2.30. The van der Waals surface area contributed by atoms with Crippen molar-refractivity contribution in [3.05, 3.63) is 83.6 Å². The van der Waals surface area contributed by atoms with E-state index in [1.807, 2.05) is 29.0 Å². The van der Waals surface area contributed by atoms with Crippen LogP contribution < -0.4 is 9.62 Å². The molecule has 1 fully saturated rings. The second kappa shape index (κ2) is 11.4. The molecule has 196 valence electrons. The van der Waals surface area contributed by atoms with E-state index < -0.39 is 16.1 Å². The number of carbonyl (C=O) groups is 1. The maximum absolute atomic E-state index is 12.0. The van der Waals surface area contributed by atoms with Crippen molar-refractivity contribution in [1.29, 1.82) is 0 Å². The Morgan fingerprint density at radius 3 is 2.30 bits per heavy atom. The van der Waals surface area contributed by atoms with Gasteiger partial charge in [-0.05, 0) is 73.6 Å². The fourth-order valence-electron chi connectivity index (χ4n) is 4.81. The Morgan fingerprint density at radius 1 is 1.00 bits per heavy atom. The summed E-state index contributed by atoms with van der Waals surface area (Å²) in [6, 6.07) is 21.5. The highest BCUT2D eigenvalue weighted by molar-refractivity contribution is 7.88. The fraction of sp³-hybridized carbons (Fsp3) is 0.379. The fourth-order valence-corrected chi connectivity index (χ4v) is 5.90. The van der Waals surface area contributed by atoms with Crippen LogP contribution in [0.2, 0.25) is 0 Å². The zero-order chi connectivity index (χ0) is 26.6. The molecule has 0 saturated carbocycles. The van der Waals surface area contributed by atoms with E-state index in [0.717, 1.165) is 40.5 Å². The van der Waals surface area contributed by atoms with Crippen LogP contribution in [-0.2, 0) is 28.1 Å². The molecule has 37 heavy (non-hydrogen) atoms. The molecule has 2 heterocycles. The van der Waals surface area contributed by atoms with Crippen LogP contribution in [0.4, 0.5) is 5.69 Å². The van der Waals surface area contributed by atoms with Crippen molar-refractivity contribution in [1.82, 2.24) is 14.0 Å². The number of pyridine rings is 1. The third kappa shape index (κ3) is 6.37. The standard InChI is InChI=1S/C29H36N4O3S/c1-5-24(6-2)25-11-13-27(14-12-25)33(21(3)4)19-22-8-7-9-26(16-22)28-15-10-23(17-30-28)18-32-20-29(34)31-37(32,35)36/h7-17,21,24H,5-6,18-20H2,1-4H3,(H,31,34). The van der Waals surface area contributed by atoms with E-state index in [1.54, 1.807) is 6.20 Å². The molecule has 0 atom stereocenters. The summed E-state index contributed by atoms with van der Waals surface area (Å²) in [7, 11) is -3.75. The highest BCUT2D eigenvalue weighted by Crippen LogP contribution is 2.28. The third-order valence-electron chi connectivity index (χ3n) is 6.97. The Bertz CT molecular complexity index is 1320. The van der Waals surface area contributed by atoms with Gasteiger partial charge in [0.25, 0.3) is 0 Å². The van der Waals surface area contributed by atoms with Crippen molar-refractivity contribution in [3.8, 4) is 11.3 Å². The van der Waals surface area contributed by atoms with Crippen LogP contribution in [0.25, 0.3) is 11.3 Å². The summed E-state index contributed by atoms with van der Waals surface area (Å²) < 4.78 is 27.1. The molecular formula is C29H36N4O3S. The summed E-state index contributed by atoms with van der Waals surface area (Å²) in [6.45, 7) is 9.63. The molecule has 1 aliphatic heterocycles. The predicted molar refractivity (Wildman–Crippen MR) is 148 cm³/mol. The smallest absolute Gasteiger partial charge is 0.304 e. The zero-order valence-electron chi connectivity index (χ0n) is 22.0. The second-order valence-corrected chi connectivity index (χ2v) is 11.5. The van der Waals surface area contributed by atoms with Crippen LogP contribution in [0, 0.1) is 0 Å². The molecule has 1 saturated heterocycles. The summed E-state index contributed by atoms with van der Waals surface area (Å²) in [6.07, 6.45) is 3.97. The molecular weight excluding hydrogens is 484 g/mol. The first kappa shape index (κ1) is 26.8. The molecule has 0 bridgehead atoms. The molecule has 1 aromatic heterocycles. The number of hydrogen-bond donors (Lipinski definition) is 1. The van der Waals surface area contributed by atoms with E-state index in [4.69, 9.17) is 0 Å². The molecule has 4 rings (SSSR count). The Balaban J connectivity index is 1.48. The lowest BCUT2D eigenvalue weighted by molar-refractivity contribution is -0.118. The quantitative estimate of drug-likeness (QED) is 0.395. The first-order chi connectivity index (χ1) is 17.7. The Kier molecular flexibility index (Phi) is 8.29. The first-order valence-electron chi connectivity index (χ1n) is 12.9. The Labute approximate surface area is 220 Å². The number of rotatable bonds is 10. The van der Waals surface area contributed by atoms with Gasteiger partial charge in [0.1, 0.15) is 0 Å². The van der Waals surface area contributed by atoms with E-state index >= 15 is 0 Å². The van der Waals surface area contributed by atoms with Gasteiger partial charge in [-0.25, -0.2) is 4.72 Å². The zero-order valence-corrected chi connectivity index (χ0v) is 22.8. The van der Waals surface area contributed by atoms with E-state index in [1.165, 1.54) is 16.8 Å². The van der Waals surface area contributed by atoms with Gasteiger partial charge in [0.2, 0.25) is 5.91 Å². The number of anilines is 1. The second-order valence-electron chi connectivity index (χ2n) is 9.88. The van der Waals surface area contributed by atoms with Crippen LogP contribution in [-0.4, -0.2) is 36.2 Å². The van der Waals surface area contributed by atoms with Crippen LogP contribution in [0.5, 0.6) is 0 Å². The van der Waals surface area contributed by atoms with Crippen molar-refractivity contribution >= 4 is 21.8 Å². The van der Waals surface area contributed by atoms with Gasteiger partial charge in [-0.1, -0.05) is 50.2 Å². The van der Waals surface area contributed by atoms with Gasteiger partial charge in [-0.15, -0.1) is 0 Å². The van der Waals surface area contributed by atoms with Crippen LogP contribution in [0.15, 0.2) is 66.9 Å². The summed E-state index contributed by atoms with van der Waals surface area (Å²) in [5.74, 6) is 0.0925. The largest absolute Gasteiger partial charge is 0.365 e. The summed E-state index contributed by atoms with van der Waals surface area (Å²) >= 11 is 0. The maximum atomic E-state index is 12.0. The minimum absolute atomic E-state index is 0.105. The predicted octanol–water partition coefficient (Wildman–Crippen LogP) is 5.24. The molecule has 0 radical (unpaired) electrons. The summed E-state index contributed by atoms with van der Waals surface area (Å²) in [4.78, 5) is 18.4. The van der Waals surface area contributed by atoms with E-state index in [9.17, 15) is 13.2 Å². The lowest BCUT2D eigenvalue weighted by atomic mass is 9.94. The van der Waals surface area contributed by atoms with Crippen LogP contribution in [0.3, 0.4) is 0 Å². The molecule has 7 nitrogen and oxygen atoms in total. The van der Waals surface area contributed by atoms with Crippen molar-refractivity contribution in [3.63, 3.8) is 0 Å². The molecule has 0 aliphatic carbocycles. The first-order valence-corrected chi connectivity index (χ1v) is 14.4. The van der Waals surface area contributed by atoms with Crippen LogP contribution >= 0.6 is 0 Å². The third-order valence-corrected chi connectivity index (χ3v) is 8.39. The number of hydrogen-bond acceptors (Lipinski definition) is 5. The number of nitrogens with zero attached hydrogens (tertiary/aromatic N) is 3. The molecule has 0 spiro atoms. The van der Waals surface area contributed by atoms with E-state index in [2.05, 4.69) is 74.0 Å². The number of nitrogens with one attached hydrogen (secondary N) is 1. The van der Waals surface area contributed by atoms with Gasteiger partial charge in [-0.2, -0.15) is 12.7 Å². The summed E-state index contributed by atoms with van der Waals surface area (Å²) in [5, 5.41) is 0. The molecule has 0 unspecified atom stereocenters. The number of carbonyl (C=O) groups excluding carboxylic acids is 1. The monoisotopic (exact) mass is 520 g/mol. The number of benzene rings is 2. The number of amides is 1. The van der Waals surface area contributed by atoms with E-state index in [0.29, 0.717) is 12.0 Å². The SMILES string of the molecule is CCC(CC)c1ccc(N(Cc2cccc(-c3ccc(CN4CC(=O)NS4(=O)=O)cn3)c2)C(C)C)cc1. The number of aromatic nitrogens is 1. The van der Waals surface area contributed by atoms with Crippen molar-refractivity contribution in [2.45, 2.75) is 65.6 Å². The average molecular weight is 521 g/mol. The molecule has 1 amide bonds.